The summed E-state index contributed by atoms with van der Waals surface area (Å²) in [7, 11) is 0. The van der Waals surface area contributed by atoms with Crippen molar-refractivity contribution in [2.45, 2.75) is 0 Å². The molecule has 0 fully saturated rings. The zero-order valence-electron chi connectivity index (χ0n) is 13.5. The van der Waals surface area contributed by atoms with Crippen LogP contribution in [0, 0.1) is 10.1 Å². The topological polar surface area (TPSA) is 131 Å². The number of aromatic nitrogens is 6. The molecule has 4 rings (SSSR count). The van der Waals surface area contributed by atoms with E-state index in [1.807, 2.05) is 18.3 Å². The molecule has 130 valence electrons. The fourth-order valence-corrected chi connectivity index (χ4v) is 1.96. The van der Waals surface area contributed by atoms with Crippen molar-refractivity contribution >= 4 is 11.4 Å². The van der Waals surface area contributed by atoms with Crippen LogP contribution in [0.4, 0.5) is 11.4 Å². The first-order chi connectivity index (χ1) is 12.6. The van der Waals surface area contributed by atoms with Gasteiger partial charge in [0.05, 0.1) is 16.8 Å². The maximum Gasteiger partial charge on any atom is 0.287 e. The third-order valence-electron chi connectivity index (χ3n) is 3.19. The summed E-state index contributed by atoms with van der Waals surface area (Å²) in [5.41, 5.74) is 6.12. The number of hydrogen-bond donors (Lipinski definition) is 1. The highest BCUT2D eigenvalue weighted by molar-refractivity contribution is 5.38. The van der Waals surface area contributed by atoms with Crippen LogP contribution >= 0.6 is 0 Å². The number of pyridine rings is 2. The van der Waals surface area contributed by atoms with Crippen LogP contribution in [0.2, 0.25) is 0 Å². The predicted molar refractivity (Wildman–Crippen MR) is 93.8 cm³/mol. The standard InChI is InChI=1S/C8H6N4O2.C8H8N4/c13-12(14)7-2-3-8(9-6-7)11-5-1-4-10-11;9-7-2-3-8(10-6-7)12-5-1-4-11-12/h1-6H;1-6H,9H2. The second-order valence-corrected chi connectivity index (χ2v) is 4.98. The van der Waals surface area contributed by atoms with Gasteiger partial charge in [-0.15, -0.1) is 0 Å². The molecule has 0 aliphatic rings. The molecule has 4 aromatic rings. The van der Waals surface area contributed by atoms with Crippen molar-refractivity contribution in [2.24, 2.45) is 0 Å². The summed E-state index contributed by atoms with van der Waals surface area (Å²) in [6.45, 7) is 0. The second kappa shape index (κ2) is 7.66. The van der Waals surface area contributed by atoms with Gasteiger partial charge in [-0.05, 0) is 30.3 Å². The fourth-order valence-electron chi connectivity index (χ4n) is 1.96. The number of nitrogen functional groups attached to an aromatic ring is 1. The highest BCUT2D eigenvalue weighted by Gasteiger charge is 2.05. The van der Waals surface area contributed by atoms with Crippen LogP contribution in [-0.4, -0.2) is 34.5 Å². The summed E-state index contributed by atoms with van der Waals surface area (Å²) in [6.07, 6.45) is 9.68. The van der Waals surface area contributed by atoms with Gasteiger partial charge in [-0.25, -0.2) is 19.3 Å². The van der Waals surface area contributed by atoms with Crippen LogP contribution in [0.3, 0.4) is 0 Å². The number of nitro groups is 1. The minimum Gasteiger partial charge on any atom is -0.397 e. The Hall–Kier alpha value is -4.08. The largest absolute Gasteiger partial charge is 0.397 e. The molecule has 0 atom stereocenters. The van der Waals surface area contributed by atoms with Crippen molar-refractivity contribution < 1.29 is 4.92 Å². The molecule has 0 aliphatic heterocycles. The van der Waals surface area contributed by atoms with Gasteiger partial charge in [-0.3, -0.25) is 10.1 Å². The first-order valence-electron chi connectivity index (χ1n) is 7.45. The molecule has 0 saturated carbocycles. The summed E-state index contributed by atoms with van der Waals surface area (Å²) in [6, 6.07) is 10.2. The first-order valence-corrected chi connectivity index (χ1v) is 7.45. The zero-order chi connectivity index (χ0) is 18.4. The van der Waals surface area contributed by atoms with Crippen molar-refractivity contribution in [3.8, 4) is 11.6 Å². The molecule has 0 unspecified atom stereocenters. The van der Waals surface area contributed by atoms with E-state index in [1.165, 1.54) is 16.9 Å². The van der Waals surface area contributed by atoms with Gasteiger partial charge in [0.2, 0.25) is 0 Å². The zero-order valence-corrected chi connectivity index (χ0v) is 13.5. The van der Waals surface area contributed by atoms with E-state index in [9.17, 15) is 10.1 Å². The number of nitrogens with zero attached hydrogens (tertiary/aromatic N) is 7. The van der Waals surface area contributed by atoms with Gasteiger partial charge in [0, 0.05) is 30.9 Å². The molecular weight excluding hydrogens is 336 g/mol. The minimum absolute atomic E-state index is 0.0269. The summed E-state index contributed by atoms with van der Waals surface area (Å²) in [4.78, 5) is 17.9. The summed E-state index contributed by atoms with van der Waals surface area (Å²) in [5.74, 6) is 1.33. The Morgan fingerprint density at radius 1 is 0.885 bits per heavy atom. The van der Waals surface area contributed by atoms with Gasteiger partial charge in [-0.1, -0.05) is 0 Å². The molecule has 10 heteroatoms. The Bertz CT molecular complexity index is 949. The maximum absolute atomic E-state index is 10.3. The monoisotopic (exact) mass is 350 g/mol. The normalized spacial score (nSPS) is 10.0. The lowest BCUT2D eigenvalue weighted by Gasteiger charge is -1.98. The second-order valence-electron chi connectivity index (χ2n) is 4.98. The summed E-state index contributed by atoms with van der Waals surface area (Å²) in [5, 5.41) is 18.3. The van der Waals surface area contributed by atoms with E-state index >= 15 is 0 Å². The lowest BCUT2D eigenvalue weighted by atomic mass is 10.4. The van der Waals surface area contributed by atoms with Crippen molar-refractivity contribution in [2.75, 3.05) is 5.73 Å². The molecule has 4 aromatic heterocycles. The molecule has 0 bridgehead atoms. The molecule has 26 heavy (non-hydrogen) atoms. The van der Waals surface area contributed by atoms with Crippen LogP contribution in [0.1, 0.15) is 0 Å². The summed E-state index contributed by atoms with van der Waals surface area (Å²) < 4.78 is 3.21. The number of rotatable bonds is 3. The van der Waals surface area contributed by atoms with Crippen LogP contribution < -0.4 is 5.73 Å². The van der Waals surface area contributed by atoms with Crippen molar-refractivity contribution in [3.63, 3.8) is 0 Å². The first kappa shape index (κ1) is 16.8. The van der Waals surface area contributed by atoms with Gasteiger partial charge >= 0.3 is 0 Å². The Morgan fingerprint density at radius 3 is 1.85 bits per heavy atom. The number of nitrogens with two attached hydrogens (primary N) is 1. The third kappa shape index (κ3) is 4.06. The predicted octanol–water partition coefficient (Wildman–Crippen LogP) is 2.02. The molecule has 10 nitrogen and oxygen atoms in total. The Balaban J connectivity index is 0.000000152. The van der Waals surface area contributed by atoms with Crippen LogP contribution in [-0.2, 0) is 0 Å². The van der Waals surface area contributed by atoms with Gasteiger partial charge in [-0.2, -0.15) is 10.2 Å². The fraction of sp³-hybridized carbons (Fsp3) is 0. The third-order valence-corrected chi connectivity index (χ3v) is 3.19. The minimum atomic E-state index is -0.486. The highest BCUT2D eigenvalue weighted by atomic mass is 16.6. The lowest BCUT2D eigenvalue weighted by molar-refractivity contribution is -0.385. The van der Waals surface area contributed by atoms with E-state index in [1.54, 1.807) is 47.7 Å². The van der Waals surface area contributed by atoms with E-state index in [4.69, 9.17) is 5.73 Å². The van der Waals surface area contributed by atoms with Crippen molar-refractivity contribution in [3.05, 3.63) is 83.7 Å². The Kier molecular flexibility index (Phi) is 4.94. The molecule has 0 amide bonds. The average Bonchev–Trinajstić information content (AvgIpc) is 3.37. The maximum atomic E-state index is 10.3. The Labute approximate surface area is 147 Å². The Morgan fingerprint density at radius 2 is 1.46 bits per heavy atom. The van der Waals surface area contributed by atoms with E-state index in [-0.39, 0.29) is 5.69 Å². The van der Waals surface area contributed by atoms with E-state index < -0.39 is 4.92 Å². The van der Waals surface area contributed by atoms with Gasteiger partial charge in [0.1, 0.15) is 6.20 Å². The average molecular weight is 350 g/mol. The van der Waals surface area contributed by atoms with Crippen LogP contribution in [0.5, 0.6) is 0 Å². The lowest BCUT2D eigenvalue weighted by Crippen LogP contribution is -1.98. The number of anilines is 1. The van der Waals surface area contributed by atoms with Crippen molar-refractivity contribution in [1.29, 1.82) is 0 Å². The van der Waals surface area contributed by atoms with E-state index in [0.29, 0.717) is 11.5 Å². The molecule has 2 N–H and O–H groups in total. The van der Waals surface area contributed by atoms with Gasteiger partial charge in [0.15, 0.2) is 11.6 Å². The molecule has 0 aromatic carbocycles. The van der Waals surface area contributed by atoms with Crippen LogP contribution in [0.25, 0.3) is 11.6 Å². The van der Waals surface area contributed by atoms with E-state index in [2.05, 4.69) is 20.2 Å². The van der Waals surface area contributed by atoms with Gasteiger partial charge < -0.3 is 5.73 Å². The summed E-state index contributed by atoms with van der Waals surface area (Å²) >= 11 is 0. The molecule has 0 aliphatic carbocycles. The molecular formula is C16H14N8O2. The van der Waals surface area contributed by atoms with Gasteiger partial charge in [0.25, 0.3) is 5.69 Å². The molecule has 0 radical (unpaired) electrons. The SMILES string of the molecule is Nc1ccc(-n2cccn2)nc1.O=[N+]([O-])c1ccc(-n2cccn2)nc1. The molecule has 0 saturated heterocycles. The number of hydrogen-bond acceptors (Lipinski definition) is 7. The smallest absolute Gasteiger partial charge is 0.287 e. The molecule has 0 spiro atoms. The van der Waals surface area contributed by atoms with Crippen molar-refractivity contribution in [1.82, 2.24) is 29.5 Å². The van der Waals surface area contributed by atoms with E-state index in [0.717, 1.165) is 5.82 Å². The quantitative estimate of drug-likeness (QED) is 0.442. The highest BCUT2D eigenvalue weighted by Crippen LogP contribution is 2.10. The van der Waals surface area contributed by atoms with Crippen LogP contribution in [0.15, 0.2) is 73.6 Å². The molecule has 4 heterocycles.